The second-order valence-electron chi connectivity index (χ2n) is 8.72. The van der Waals surface area contributed by atoms with Crippen LogP contribution in [0.25, 0.3) is 6.08 Å². The molecule has 0 unspecified atom stereocenters. The van der Waals surface area contributed by atoms with E-state index in [0.29, 0.717) is 58.3 Å². The largest absolute Gasteiger partial charge is 0.496 e. The molecule has 0 fully saturated rings. The van der Waals surface area contributed by atoms with Crippen LogP contribution in [-0.4, -0.2) is 34.2 Å². The van der Waals surface area contributed by atoms with Crippen molar-refractivity contribution in [3.8, 4) is 5.75 Å². The molecular weight excluding hydrogens is 652 g/mol. The molecule has 41 heavy (non-hydrogen) atoms. The van der Waals surface area contributed by atoms with E-state index in [4.69, 9.17) is 30.5 Å². The summed E-state index contributed by atoms with van der Waals surface area (Å²) in [6, 6.07) is 7.76. The Morgan fingerprint density at radius 2 is 2.05 bits per heavy atom. The van der Waals surface area contributed by atoms with Crippen molar-refractivity contribution >= 4 is 62.7 Å². The molecule has 0 amide bonds. The Balaban J connectivity index is 1.69. The van der Waals surface area contributed by atoms with Gasteiger partial charge in [0.2, 0.25) is 0 Å². The van der Waals surface area contributed by atoms with Crippen LogP contribution in [0.2, 0.25) is 5.02 Å². The topological polar surface area (TPSA) is 109 Å². The Kier molecular flexibility index (Phi) is 9.12. The van der Waals surface area contributed by atoms with Crippen LogP contribution in [0.15, 0.2) is 82.9 Å². The Labute approximate surface area is 256 Å². The summed E-state index contributed by atoms with van der Waals surface area (Å²) >= 11 is 12.4. The van der Waals surface area contributed by atoms with Gasteiger partial charge in [-0.25, -0.2) is 19.8 Å². The van der Waals surface area contributed by atoms with Crippen molar-refractivity contribution in [2.24, 2.45) is 4.99 Å². The number of benzene rings is 1. The number of furan rings is 1. The Bertz CT molecular complexity index is 1820. The van der Waals surface area contributed by atoms with Crippen LogP contribution in [0.5, 0.6) is 5.75 Å². The molecule has 0 radical (unpaired) electrons. The maximum absolute atomic E-state index is 14.0. The highest BCUT2D eigenvalue weighted by Crippen LogP contribution is 2.38. The highest BCUT2D eigenvalue weighted by Gasteiger charge is 2.36. The summed E-state index contributed by atoms with van der Waals surface area (Å²) in [5.41, 5.74) is 1.07. The molecule has 0 bridgehead atoms. The number of esters is 1. The minimum Gasteiger partial charge on any atom is -0.496 e. The summed E-state index contributed by atoms with van der Waals surface area (Å²) < 4.78 is 19.7. The number of carbonyl (C=O) groups excluding carboxylic acids is 1. The zero-order chi connectivity index (χ0) is 29.1. The molecule has 5 rings (SSSR count). The molecule has 0 N–H and O–H groups in total. The molecule has 0 aliphatic carbocycles. The highest BCUT2D eigenvalue weighted by atomic mass is 79.9. The molecule has 1 aliphatic rings. The number of hydrogen-bond acceptors (Lipinski definition) is 10. The van der Waals surface area contributed by atoms with Gasteiger partial charge in [0.25, 0.3) is 5.56 Å². The van der Waals surface area contributed by atoms with Crippen molar-refractivity contribution in [1.82, 2.24) is 14.5 Å². The molecule has 9 nitrogen and oxygen atoms in total. The molecule has 1 aliphatic heterocycles. The third-order valence-corrected chi connectivity index (χ3v) is 9.00. The van der Waals surface area contributed by atoms with Crippen molar-refractivity contribution in [1.29, 1.82) is 0 Å². The first-order valence-corrected chi connectivity index (χ1v) is 15.4. The van der Waals surface area contributed by atoms with Gasteiger partial charge in [-0.1, -0.05) is 36.3 Å². The summed E-state index contributed by atoms with van der Waals surface area (Å²) in [5.74, 6) is 0.393. The molecular formula is C28H24BrClN4O5S2. The third kappa shape index (κ3) is 6.06. The van der Waals surface area contributed by atoms with E-state index in [1.54, 1.807) is 55.7 Å². The summed E-state index contributed by atoms with van der Waals surface area (Å²) in [5, 5.41) is 1.51. The van der Waals surface area contributed by atoms with Crippen LogP contribution in [0.4, 0.5) is 0 Å². The van der Waals surface area contributed by atoms with Gasteiger partial charge < -0.3 is 13.9 Å². The quantitative estimate of drug-likeness (QED) is 0.168. The van der Waals surface area contributed by atoms with E-state index in [9.17, 15) is 9.59 Å². The number of thiazole rings is 1. The summed E-state index contributed by atoms with van der Waals surface area (Å²) in [6.45, 7) is 3.91. The SMILES string of the molecule is CCCC1=C(C(=O)OCC)[C@H](c2cc(Cl)ccc2OC)n2c(s/c(=C\c3cc(Br)c(Sc4ncccn4)o3)c2=O)=N1. The zero-order valence-electron chi connectivity index (χ0n) is 22.2. The number of allylic oxidation sites excluding steroid dienone is 1. The summed E-state index contributed by atoms with van der Waals surface area (Å²) in [6.07, 6.45) is 6.21. The lowest BCUT2D eigenvalue weighted by atomic mass is 9.93. The van der Waals surface area contributed by atoms with Gasteiger partial charge >= 0.3 is 5.97 Å². The Morgan fingerprint density at radius 3 is 2.76 bits per heavy atom. The minimum absolute atomic E-state index is 0.174. The monoisotopic (exact) mass is 674 g/mol. The van der Waals surface area contributed by atoms with Crippen LogP contribution in [0.3, 0.4) is 0 Å². The van der Waals surface area contributed by atoms with Crippen LogP contribution in [0.1, 0.15) is 44.1 Å². The van der Waals surface area contributed by atoms with Gasteiger partial charge in [0.15, 0.2) is 15.1 Å². The summed E-state index contributed by atoms with van der Waals surface area (Å²) in [7, 11) is 1.53. The molecule has 1 atom stereocenters. The fourth-order valence-corrected chi connectivity index (χ4v) is 6.81. The van der Waals surface area contributed by atoms with E-state index in [1.165, 1.54) is 34.8 Å². The van der Waals surface area contributed by atoms with Crippen LogP contribution >= 0.6 is 50.6 Å². The van der Waals surface area contributed by atoms with Gasteiger partial charge in [-0.3, -0.25) is 9.36 Å². The Morgan fingerprint density at radius 1 is 1.27 bits per heavy atom. The molecule has 3 aromatic heterocycles. The lowest BCUT2D eigenvalue weighted by Gasteiger charge is -2.27. The second kappa shape index (κ2) is 12.8. The number of methoxy groups -OCH3 is 1. The zero-order valence-corrected chi connectivity index (χ0v) is 26.2. The number of hydrogen-bond donors (Lipinski definition) is 0. The molecule has 0 saturated heterocycles. The normalized spacial score (nSPS) is 15.0. The third-order valence-electron chi connectivity index (χ3n) is 6.05. The summed E-state index contributed by atoms with van der Waals surface area (Å²) in [4.78, 5) is 41.1. The number of rotatable bonds is 9. The maximum Gasteiger partial charge on any atom is 0.338 e. The number of fused-ring (bicyclic) bond motifs is 1. The number of halogens is 2. The molecule has 212 valence electrons. The highest BCUT2D eigenvalue weighted by molar-refractivity contribution is 9.10. The van der Waals surface area contributed by atoms with Gasteiger partial charge in [-0.05, 0) is 71.4 Å². The number of nitrogens with zero attached hydrogens (tertiary/aromatic N) is 4. The number of ether oxygens (including phenoxy) is 2. The van der Waals surface area contributed by atoms with E-state index >= 15 is 0 Å². The number of carbonyl (C=O) groups is 1. The average Bonchev–Trinajstić information content (AvgIpc) is 3.46. The van der Waals surface area contributed by atoms with Gasteiger partial charge in [-0.15, -0.1) is 0 Å². The first-order valence-electron chi connectivity index (χ1n) is 12.6. The van der Waals surface area contributed by atoms with E-state index < -0.39 is 12.0 Å². The van der Waals surface area contributed by atoms with Crippen LogP contribution in [0, 0.1) is 0 Å². The predicted molar refractivity (Wildman–Crippen MR) is 160 cm³/mol. The van der Waals surface area contributed by atoms with Crippen molar-refractivity contribution in [3.63, 3.8) is 0 Å². The second-order valence-corrected chi connectivity index (χ2v) is 12.0. The van der Waals surface area contributed by atoms with E-state index in [0.717, 1.165) is 6.42 Å². The first-order chi connectivity index (χ1) is 19.8. The van der Waals surface area contributed by atoms with Crippen LogP contribution < -0.4 is 19.6 Å². The molecule has 0 spiro atoms. The number of aromatic nitrogens is 3. The minimum atomic E-state index is -0.854. The van der Waals surface area contributed by atoms with E-state index in [-0.39, 0.29) is 17.7 Å². The van der Waals surface area contributed by atoms with Crippen LogP contribution in [-0.2, 0) is 9.53 Å². The lowest BCUT2D eigenvalue weighted by molar-refractivity contribution is -0.139. The van der Waals surface area contributed by atoms with Gasteiger partial charge in [0, 0.05) is 29.1 Å². The molecule has 4 heterocycles. The van der Waals surface area contributed by atoms with Gasteiger partial charge in [0.05, 0.1) is 34.0 Å². The van der Waals surface area contributed by atoms with Gasteiger partial charge in [0.1, 0.15) is 17.6 Å². The molecule has 13 heteroatoms. The molecule has 0 saturated carbocycles. The van der Waals surface area contributed by atoms with Crippen molar-refractivity contribution in [2.45, 2.75) is 43.0 Å². The fourth-order valence-electron chi connectivity index (χ4n) is 4.39. The fraction of sp³-hybridized carbons (Fsp3) is 0.250. The van der Waals surface area contributed by atoms with Crippen molar-refractivity contribution < 1.29 is 18.7 Å². The predicted octanol–water partition coefficient (Wildman–Crippen LogP) is 5.54. The van der Waals surface area contributed by atoms with Crippen molar-refractivity contribution in [2.75, 3.05) is 13.7 Å². The van der Waals surface area contributed by atoms with E-state index in [1.807, 2.05) is 6.92 Å². The Hall–Kier alpha value is -3.19. The van der Waals surface area contributed by atoms with Gasteiger partial charge in [-0.2, -0.15) is 0 Å². The lowest BCUT2D eigenvalue weighted by Crippen LogP contribution is -2.40. The van der Waals surface area contributed by atoms with E-state index in [2.05, 4.69) is 25.9 Å². The molecule has 4 aromatic rings. The van der Waals surface area contributed by atoms with Crippen molar-refractivity contribution in [3.05, 3.63) is 94.5 Å². The average molecular weight is 676 g/mol. The smallest absolute Gasteiger partial charge is 0.338 e. The standard InChI is InChI=1S/C28H24BrClN4O5S2/c1-4-7-19-22(25(36)38-5-2)23(17-12-15(30)8-9-20(17)37-3)34-24(35)21(40-28(34)33-19)14-16-13-18(29)26(39-16)41-27-31-10-6-11-32-27/h6,8-14,23H,4-5,7H2,1-3H3/b21-14-/t23-/m0/s1. The first kappa shape index (κ1) is 29.3. The maximum atomic E-state index is 14.0. The molecule has 1 aromatic carbocycles.